The number of amides is 1. The number of hydrogen-bond donors (Lipinski definition) is 0. The average molecular weight is 403 g/mol. The number of hydrogen-bond acceptors (Lipinski definition) is 5. The molecule has 3 heterocycles. The first kappa shape index (κ1) is 19.4. The van der Waals surface area contributed by atoms with Gasteiger partial charge >= 0.3 is 6.18 Å². The van der Waals surface area contributed by atoms with Gasteiger partial charge in [-0.3, -0.25) is 4.79 Å². The van der Waals surface area contributed by atoms with Crippen LogP contribution in [0.5, 0.6) is 0 Å². The van der Waals surface area contributed by atoms with E-state index < -0.39 is 11.9 Å². The lowest BCUT2D eigenvalue weighted by atomic mass is 9.94. The number of rotatable bonds is 3. The molecule has 0 aliphatic carbocycles. The summed E-state index contributed by atoms with van der Waals surface area (Å²) in [6, 6.07) is 12.0. The maximum atomic E-state index is 13.0. The molecule has 1 saturated heterocycles. The van der Waals surface area contributed by atoms with Gasteiger partial charge in [-0.05, 0) is 30.5 Å². The van der Waals surface area contributed by atoms with E-state index in [1.54, 1.807) is 11.2 Å². The van der Waals surface area contributed by atoms with Crippen LogP contribution >= 0.6 is 0 Å². The first-order valence-electron chi connectivity index (χ1n) is 9.50. The van der Waals surface area contributed by atoms with Gasteiger partial charge in [0.2, 0.25) is 5.91 Å². The van der Waals surface area contributed by atoms with Crippen molar-refractivity contribution in [2.45, 2.75) is 31.5 Å². The third-order valence-corrected chi connectivity index (χ3v) is 5.35. The highest BCUT2D eigenvalue weighted by molar-refractivity contribution is 5.82. The fraction of sp³-hybridized carbons (Fsp3) is 0.400. The Hall–Kier alpha value is -2.97. The molecule has 1 aromatic carbocycles. The summed E-state index contributed by atoms with van der Waals surface area (Å²) in [6.45, 7) is 1.06. The molecule has 0 unspecified atom stereocenters. The van der Waals surface area contributed by atoms with Gasteiger partial charge in [0.25, 0.3) is 0 Å². The zero-order chi connectivity index (χ0) is 20.4. The van der Waals surface area contributed by atoms with Gasteiger partial charge < -0.3 is 4.90 Å². The lowest BCUT2D eigenvalue weighted by Gasteiger charge is -2.34. The van der Waals surface area contributed by atoms with Crippen molar-refractivity contribution in [2.24, 2.45) is 11.0 Å². The van der Waals surface area contributed by atoms with Gasteiger partial charge in [-0.2, -0.15) is 18.3 Å². The minimum absolute atomic E-state index is 0.00856. The van der Waals surface area contributed by atoms with Gasteiger partial charge in [0.05, 0.1) is 6.04 Å². The van der Waals surface area contributed by atoms with Crippen molar-refractivity contribution in [3.05, 3.63) is 53.7 Å². The molecule has 1 amide bonds. The lowest BCUT2D eigenvalue weighted by molar-refractivity contribution is -0.141. The second-order valence-electron chi connectivity index (χ2n) is 7.18. The summed E-state index contributed by atoms with van der Waals surface area (Å²) in [6.07, 6.45) is -0.862. The smallest absolute Gasteiger partial charge is 0.355 e. The molecule has 0 saturated carbocycles. The van der Waals surface area contributed by atoms with Crippen molar-refractivity contribution < 1.29 is 18.0 Å². The van der Waals surface area contributed by atoms with Gasteiger partial charge in [0.1, 0.15) is 0 Å². The Kier molecular flexibility index (Phi) is 5.21. The van der Waals surface area contributed by atoms with Crippen LogP contribution in [0.25, 0.3) is 0 Å². The number of carbonyl (C=O) groups is 1. The van der Waals surface area contributed by atoms with Crippen LogP contribution < -0.4 is 4.90 Å². The molecule has 9 heteroatoms. The average Bonchev–Trinajstić information content (AvgIpc) is 3.23. The zero-order valence-corrected chi connectivity index (χ0v) is 15.6. The van der Waals surface area contributed by atoms with E-state index in [-0.39, 0.29) is 17.9 Å². The number of aromatic nitrogens is 2. The van der Waals surface area contributed by atoms with Crippen LogP contribution in [-0.4, -0.2) is 40.4 Å². The fourth-order valence-corrected chi connectivity index (χ4v) is 3.77. The minimum atomic E-state index is -4.50. The Morgan fingerprint density at radius 3 is 2.34 bits per heavy atom. The predicted octanol–water partition coefficient (Wildman–Crippen LogP) is 3.67. The molecule has 2 aromatic rings. The summed E-state index contributed by atoms with van der Waals surface area (Å²) in [5.74, 6) is 0.214. The molecular weight excluding hydrogens is 383 g/mol. The SMILES string of the molecule is O=C(C1CCN(c2ccc(C(F)(F)F)nn2)CC1)N1N=CC[C@H]1c1ccccc1. The van der Waals surface area contributed by atoms with E-state index in [9.17, 15) is 18.0 Å². The number of carbonyl (C=O) groups excluding carboxylic acids is 1. The summed E-state index contributed by atoms with van der Waals surface area (Å²) >= 11 is 0. The van der Waals surface area contributed by atoms with Gasteiger partial charge in [-0.25, -0.2) is 5.01 Å². The summed E-state index contributed by atoms with van der Waals surface area (Å²) in [4.78, 5) is 14.9. The highest BCUT2D eigenvalue weighted by Crippen LogP contribution is 2.32. The quantitative estimate of drug-likeness (QED) is 0.785. The van der Waals surface area contributed by atoms with Crippen molar-refractivity contribution >= 4 is 17.9 Å². The minimum Gasteiger partial charge on any atom is -0.355 e. The van der Waals surface area contributed by atoms with E-state index in [0.717, 1.165) is 11.6 Å². The van der Waals surface area contributed by atoms with Crippen molar-refractivity contribution in [3.8, 4) is 0 Å². The molecule has 0 N–H and O–H groups in total. The van der Waals surface area contributed by atoms with E-state index in [2.05, 4.69) is 15.3 Å². The second-order valence-corrected chi connectivity index (χ2v) is 7.18. The Labute approximate surface area is 166 Å². The van der Waals surface area contributed by atoms with Crippen LogP contribution in [0.3, 0.4) is 0 Å². The van der Waals surface area contributed by atoms with Gasteiger partial charge in [0, 0.05) is 31.6 Å². The van der Waals surface area contributed by atoms with E-state index in [1.807, 2.05) is 35.2 Å². The standard InChI is InChI=1S/C20H20F3N5O/c21-20(22,23)17-6-7-18(26-25-17)27-12-9-15(10-13-27)19(29)28-16(8-11-24-28)14-4-2-1-3-5-14/h1-7,11,15-16H,8-10,12-13H2/t16-/m0/s1. The Morgan fingerprint density at radius 1 is 1.00 bits per heavy atom. The molecule has 6 nitrogen and oxygen atoms in total. The summed E-state index contributed by atoms with van der Waals surface area (Å²) < 4.78 is 37.9. The Morgan fingerprint density at radius 2 is 1.72 bits per heavy atom. The van der Waals surface area contributed by atoms with Crippen molar-refractivity contribution in [1.82, 2.24) is 15.2 Å². The first-order chi connectivity index (χ1) is 13.9. The van der Waals surface area contributed by atoms with E-state index in [1.165, 1.54) is 6.07 Å². The number of nitrogens with zero attached hydrogens (tertiary/aromatic N) is 5. The molecule has 2 aliphatic heterocycles. The number of anilines is 1. The maximum absolute atomic E-state index is 13.0. The molecule has 0 bridgehead atoms. The van der Waals surface area contributed by atoms with Crippen LogP contribution in [0.15, 0.2) is 47.6 Å². The van der Waals surface area contributed by atoms with Crippen LogP contribution in [0, 0.1) is 5.92 Å². The molecule has 1 aromatic heterocycles. The molecule has 29 heavy (non-hydrogen) atoms. The van der Waals surface area contributed by atoms with Crippen LogP contribution in [0.4, 0.5) is 19.0 Å². The van der Waals surface area contributed by atoms with Crippen molar-refractivity contribution in [2.75, 3.05) is 18.0 Å². The molecule has 4 rings (SSSR count). The third kappa shape index (κ3) is 4.08. The fourth-order valence-electron chi connectivity index (χ4n) is 3.77. The second kappa shape index (κ2) is 7.81. The molecule has 1 fully saturated rings. The molecule has 1 atom stereocenters. The van der Waals surface area contributed by atoms with Crippen LogP contribution in [0.1, 0.15) is 36.6 Å². The molecule has 0 spiro atoms. The number of halogens is 3. The topological polar surface area (TPSA) is 61.7 Å². The van der Waals surface area contributed by atoms with E-state index >= 15 is 0 Å². The highest BCUT2D eigenvalue weighted by Gasteiger charge is 2.36. The number of benzene rings is 1. The third-order valence-electron chi connectivity index (χ3n) is 5.35. The number of piperidine rings is 1. The van der Waals surface area contributed by atoms with Gasteiger partial charge in [-0.1, -0.05) is 30.3 Å². The van der Waals surface area contributed by atoms with Gasteiger partial charge in [0.15, 0.2) is 11.5 Å². The molecule has 152 valence electrons. The van der Waals surface area contributed by atoms with E-state index in [0.29, 0.717) is 38.2 Å². The molecule has 2 aliphatic rings. The summed E-state index contributed by atoms with van der Waals surface area (Å²) in [7, 11) is 0. The lowest BCUT2D eigenvalue weighted by Crippen LogP contribution is -2.41. The number of alkyl halides is 3. The Bertz CT molecular complexity index is 877. The number of hydrazone groups is 1. The summed E-state index contributed by atoms with van der Waals surface area (Å²) in [5.41, 5.74) is 0.0426. The predicted molar refractivity (Wildman–Crippen MR) is 101 cm³/mol. The molecule has 0 radical (unpaired) electrons. The first-order valence-corrected chi connectivity index (χ1v) is 9.50. The normalized spacial score (nSPS) is 20.3. The van der Waals surface area contributed by atoms with Gasteiger partial charge in [-0.15, -0.1) is 10.2 Å². The zero-order valence-electron chi connectivity index (χ0n) is 15.6. The monoisotopic (exact) mass is 403 g/mol. The maximum Gasteiger partial charge on any atom is 0.435 e. The van der Waals surface area contributed by atoms with Crippen LogP contribution in [0.2, 0.25) is 0 Å². The summed E-state index contributed by atoms with van der Waals surface area (Å²) in [5, 5.41) is 12.9. The van der Waals surface area contributed by atoms with Crippen molar-refractivity contribution in [1.29, 1.82) is 0 Å². The van der Waals surface area contributed by atoms with E-state index in [4.69, 9.17) is 0 Å². The Balaban J connectivity index is 1.38. The van der Waals surface area contributed by atoms with Crippen LogP contribution in [-0.2, 0) is 11.0 Å². The van der Waals surface area contributed by atoms with Crippen molar-refractivity contribution in [3.63, 3.8) is 0 Å². The largest absolute Gasteiger partial charge is 0.435 e. The molecular formula is C20H20F3N5O. The highest BCUT2D eigenvalue weighted by atomic mass is 19.4.